The summed E-state index contributed by atoms with van der Waals surface area (Å²) in [6.45, 7) is 0.390. The Morgan fingerprint density at radius 1 is 1.19 bits per heavy atom. The van der Waals surface area contributed by atoms with E-state index in [0.717, 1.165) is 5.56 Å². The Morgan fingerprint density at radius 3 is 2.56 bits per heavy atom. The minimum Gasteiger partial charge on any atom is -0.268 e. The van der Waals surface area contributed by atoms with Gasteiger partial charge in [-0.05, 0) is 23.8 Å². The summed E-state index contributed by atoms with van der Waals surface area (Å²) in [6, 6.07) is 10.1. The van der Waals surface area contributed by atoms with Crippen LogP contribution in [-0.4, -0.2) is 17.6 Å². The molecule has 78 valence electrons. The van der Waals surface area contributed by atoms with Crippen molar-refractivity contribution >= 4 is 25.0 Å². The van der Waals surface area contributed by atoms with Crippen molar-refractivity contribution in [3.05, 3.63) is 57.3 Å². The molecule has 1 aromatic heterocycles. The lowest BCUT2D eigenvalue weighted by molar-refractivity contribution is 0.648. The number of rotatable bonds is 2. The van der Waals surface area contributed by atoms with E-state index in [1.54, 1.807) is 12.1 Å². The summed E-state index contributed by atoms with van der Waals surface area (Å²) in [5.41, 5.74) is 1.10. The molecule has 0 saturated carbocycles. The van der Waals surface area contributed by atoms with E-state index < -0.39 is 0 Å². The molecule has 0 aliphatic heterocycles. The molecular weight excluding hydrogens is 222 g/mol. The Labute approximate surface area is 99.1 Å². The highest BCUT2D eigenvalue weighted by atomic mass is 35.5. The molecule has 0 saturated heterocycles. The highest BCUT2D eigenvalue weighted by Gasteiger charge is 1.99. The van der Waals surface area contributed by atoms with Crippen LogP contribution in [-0.2, 0) is 6.54 Å². The van der Waals surface area contributed by atoms with Gasteiger partial charge >= 0.3 is 0 Å². The molecular formula is C11H8BClN2O. The molecule has 1 aromatic carbocycles. The molecule has 0 atom stereocenters. The number of benzene rings is 1. The highest BCUT2D eigenvalue weighted by Crippen LogP contribution is 2.09. The topological polar surface area (TPSA) is 34.9 Å². The van der Waals surface area contributed by atoms with Crippen LogP contribution in [0.1, 0.15) is 5.56 Å². The fraction of sp³-hybridized carbons (Fsp3) is 0.0909. The van der Waals surface area contributed by atoms with Crippen LogP contribution in [0.25, 0.3) is 0 Å². The first-order valence-electron chi connectivity index (χ1n) is 4.73. The van der Waals surface area contributed by atoms with Crippen molar-refractivity contribution in [1.29, 1.82) is 0 Å². The van der Waals surface area contributed by atoms with Gasteiger partial charge in [0, 0.05) is 16.7 Å². The average Bonchev–Trinajstić information content (AvgIpc) is 2.27. The van der Waals surface area contributed by atoms with Crippen LogP contribution in [0.4, 0.5) is 0 Å². The van der Waals surface area contributed by atoms with Crippen LogP contribution in [0.3, 0.4) is 0 Å². The first-order valence-corrected chi connectivity index (χ1v) is 5.11. The van der Waals surface area contributed by atoms with Gasteiger partial charge in [-0.3, -0.25) is 4.79 Å². The summed E-state index contributed by atoms with van der Waals surface area (Å²) in [5.74, 6) is 0. The van der Waals surface area contributed by atoms with Gasteiger partial charge in [0.25, 0.3) is 5.56 Å². The number of aromatic nitrogens is 2. The molecule has 5 heteroatoms. The van der Waals surface area contributed by atoms with Gasteiger partial charge in [-0.2, -0.15) is 5.10 Å². The second-order valence-corrected chi connectivity index (χ2v) is 3.82. The van der Waals surface area contributed by atoms with E-state index in [1.165, 1.54) is 16.8 Å². The molecule has 0 amide bonds. The van der Waals surface area contributed by atoms with Gasteiger partial charge in [0.2, 0.25) is 0 Å². The molecule has 0 bridgehead atoms. The van der Waals surface area contributed by atoms with E-state index in [1.807, 2.05) is 12.1 Å². The summed E-state index contributed by atoms with van der Waals surface area (Å²) in [5, 5.41) is 4.60. The average molecular weight is 230 g/mol. The van der Waals surface area contributed by atoms with E-state index in [2.05, 4.69) is 5.10 Å². The van der Waals surface area contributed by atoms with E-state index in [-0.39, 0.29) is 5.56 Å². The Kier molecular flexibility index (Phi) is 3.10. The molecule has 0 aliphatic rings. The third kappa shape index (κ3) is 2.52. The number of hydrogen-bond acceptors (Lipinski definition) is 2. The van der Waals surface area contributed by atoms with Crippen molar-refractivity contribution in [3.63, 3.8) is 0 Å². The van der Waals surface area contributed by atoms with Crippen molar-refractivity contribution in [2.24, 2.45) is 0 Å². The summed E-state index contributed by atoms with van der Waals surface area (Å²) >= 11 is 5.77. The van der Waals surface area contributed by atoms with Crippen LogP contribution in [0.5, 0.6) is 0 Å². The van der Waals surface area contributed by atoms with Gasteiger partial charge in [-0.15, -0.1) is 0 Å². The van der Waals surface area contributed by atoms with Gasteiger partial charge in [-0.25, -0.2) is 4.68 Å². The molecule has 2 rings (SSSR count). The molecule has 16 heavy (non-hydrogen) atoms. The third-order valence-electron chi connectivity index (χ3n) is 2.13. The van der Waals surface area contributed by atoms with Crippen molar-refractivity contribution in [1.82, 2.24) is 9.78 Å². The second kappa shape index (κ2) is 4.53. The largest absolute Gasteiger partial charge is 0.268 e. The number of nitrogens with zero attached hydrogens (tertiary/aromatic N) is 2. The highest BCUT2D eigenvalue weighted by molar-refractivity contribution is 6.30. The summed E-state index contributed by atoms with van der Waals surface area (Å²) in [7, 11) is 5.51. The zero-order valence-corrected chi connectivity index (χ0v) is 9.19. The van der Waals surface area contributed by atoms with Gasteiger partial charge in [0.1, 0.15) is 7.85 Å². The lowest BCUT2D eigenvalue weighted by Crippen LogP contribution is -2.28. The SMILES string of the molecule is [B]c1ccc(=O)n(Cc2ccc(Cl)cc2)n1. The molecule has 2 radical (unpaired) electrons. The number of halogens is 1. The van der Waals surface area contributed by atoms with Crippen LogP contribution < -0.4 is 11.2 Å². The van der Waals surface area contributed by atoms with E-state index in [0.29, 0.717) is 17.2 Å². The van der Waals surface area contributed by atoms with Crippen molar-refractivity contribution in [2.45, 2.75) is 6.54 Å². The van der Waals surface area contributed by atoms with E-state index in [9.17, 15) is 4.79 Å². The zero-order valence-electron chi connectivity index (χ0n) is 8.43. The van der Waals surface area contributed by atoms with Crippen molar-refractivity contribution in [2.75, 3.05) is 0 Å². The summed E-state index contributed by atoms with van der Waals surface area (Å²) in [4.78, 5) is 11.5. The summed E-state index contributed by atoms with van der Waals surface area (Å²) < 4.78 is 1.32. The normalized spacial score (nSPS) is 10.3. The van der Waals surface area contributed by atoms with Crippen LogP contribution >= 0.6 is 11.6 Å². The lowest BCUT2D eigenvalue weighted by Gasteiger charge is -2.05. The molecule has 1 heterocycles. The van der Waals surface area contributed by atoms with Gasteiger partial charge in [0.05, 0.1) is 6.54 Å². The van der Waals surface area contributed by atoms with Crippen LogP contribution in [0, 0.1) is 0 Å². The predicted molar refractivity (Wildman–Crippen MR) is 64.4 cm³/mol. The minimum absolute atomic E-state index is 0.177. The van der Waals surface area contributed by atoms with Gasteiger partial charge < -0.3 is 0 Å². The van der Waals surface area contributed by atoms with Crippen LogP contribution in [0.15, 0.2) is 41.2 Å². The maximum absolute atomic E-state index is 11.5. The van der Waals surface area contributed by atoms with Gasteiger partial charge in [0.15, 0.2) is 0 Å². The van der Waals surface area contributed by atoms with Crippen molar-refractivity contribution in [3.8, 4) is 0 Å². The van der Waals surface area contributed by atoms with Crippen LogP contribution in [0.2, 0.25) is 5.02 Å². The monoisotopic (exact) mass is 230 g/mol. The summed E-state index contributed by atoms with van der Waals surface area (Å²) in [6.07, 6.45) is 0. The molecule has 0 unspecified atom stereocenters. The Morgan fingerprint density at radius 2 is 1.88 bits per heavy atom. The third-order valence-corrected chi connectivity index (χ3v) is 2.38. The quantitative estimate of drug-likeness (QED) is 0.713. The Hall–Kier alpha value is -1.55. The predicted octanol–water partition coefficient (Wildman–Crippen LogP) is 0.739. The zero-order chi connectivity index (χ0) is 11.5. The first kappa shape index (κ1) is 11.0. The van der Waals surface area contributed by atoms with Crippen molar-refractivity contribution < 1.29 is 0 Å². The first-order chi connectivity index (χ1) is 7.65. The fourth-order valence-corrected chi connectivity index (χ4v) is 1.47. The molecule has 3 nitrogen and oxygen atoms in total. The van der Waals surface area contributed by atoms with Gasteiger partial charge in [-0.1, -0.05) is 23.7 Å². The fourth-order valence-electron chi connectivity index (χ4n) is 1.34. The standard InChI is InChI=1S/C11H8BClN2O/c12-10-5-6-11(16)15(14-10)7-8-1-3-9(13)4-2-8/h1-6H,7H2. The molecule has 0 spiro atoms. The molecule has 2 aromatic rings. The number of hydrogen-bond donors (Lipinski definition) is 0. The van der Waals surface area contributed by atoms with E-state index >= 15 is 0 Å². The maximum atomic E-state index is 11.5. The second-order valence-electron chi connectivity index (χ2n) is 3.38. The lowest BCUT2D eigenvalue weighted by atomic mass is 10.1. The Bertz CT molecular complexity index is 551. The Balaban J connectivity index is 2.30. The molecule has 0 aliphatic carbocycles. The smallest absolute Gasteiger partial charge is 0.266 e. The molecule has 0 fully saturated rings. The van der Waals surface area contributed by atoms with E-state index in [4.69, 9.17) is 19.4 Å². The maximum Gasteiger partial charge on any atom is 0.266 e. The molecule has 0 N–H and O–H groups in total. The minimum atomic E-state index is -0.177.